The number of Topliss-reactive ketones (excluding diaryl/α,β-unsaturated/α-hetero) is 1. The summed E-state index contributed by atoms with van der Waals surface area (Å²) in [6, 6.07) is 3.25. The van der Waals surface area contributed by atoms with Crippen LogP contribution in [0.5, 0.6) is 5.75 Å². The predicted molar refractivity (Wildman–Crippen MR) is 54.3 cm³/mol. The SMILES string of the molecule is COc1ccc(C2(C(=O)O)CC(=O)C2)nc1. The number of pyridine rings is 1. The first-order valence-corrected chi connectivity index (χ1v) is 4.84. The van der Waals surface area contributed by atoms with Crippen LogP contribution in [0.15, 0.2) is 18.3 Å². The number of hydrogen-bond acceptors (Lipinski definition) is 4. The first kappa shape index (κ1) is 10.6. The van der Waals surface area contributed by atoms with Crippen molar-refractivity contribution in [3.63, 3.8) is 0 Å². The monoisotopic (exact) mass is 221 g/mol. The number of carboxylic acids is 1. The van der Waals surface area contributed by atoms with E-state index < -0.39 is 11.4 Å². The summed E-state index contributed by atoms with van der Waals surface area (Å²) in [5.41, 5.74) is -0.705. The Morgan fingerprint density at radius 1 is 1.50 bits per heavy atom. The van der Waals surface area contributed by atoms with Gasteiger partial charge < -0.3 is 9.84 Å². The number of ketones is 1. The molecule has 0 saturated heterocycles. The molecule has 0 aliphatic heterocycles. The van der Waals surface area contributed by atoms with Gasteiger partial charge in [0.25, 0.3) is 0 Å². The first-order chi connectivity index (χ1) is 7.58. The number of carbonyl (C=O) groups excluding carboxylic acids is 1. The van der Waals surface area contributed by atoms with Gasteiger partial charge in [-0.05, 0) is 12.1 Å². The number of methoxy groups -OCH3 is 1. The van der Waals surface area contributed by atoms with E-state index >= 15 is 0 Å². The molecule has 0 unspecified atom stereocenters. The van der Waals surface area contributed by atoms with E-state index in [-0.39, 0.29) is 18.6 Å². The Hall–Kier alpha value is -1.91. The van der Waals surface area contributed by atoms with Crippen LogP contribution < -0.4 is 4.74 Å². The second-order valence-corrected chi connectivity index (χ2v) is 3.86. The normalized spacial score (nSPS) is 17.7. The molecule has 1 N–H and O–H groups in total. The lowest BCUT2D eigenvalue weighted by Gasteiger charge is -2.35. The van der Waals surface area contributed by atoms with Gasteiger partial charge in [-0.1, -0.05) is 0 Å². The van der Waals surface area contributed by atoms with E-state index in [1.165, 1.54) is 13.3 Å². The first-order valence-electron chi connectivity index (χ1n) is 4.84. The summed E-state index contributed by atoms with van der Waals surface area (Å²) < 4.78 is 4.94. The Morgan fingerprint density at radius 2 is 2.19 bits per heavy atom. The molecule has 0 spiro atoms. The summed E-state index contributed by atoms with van der Waals surface area (Å²) in [4.78, 5) is 26.2. The van der Waals surface area contributed by atoms with E-state index in [1.54, 1.807) is 12.1 Å². The lowest BCUT2D eigenvalue weighted by molar-refractivity contribution is -0.153. The van der Waals surface area contributed by atoms with E-state index in [2.05, 4.69) is 4.98 Å². The third-order valence-corrected chi connectivity index (χ3v) is 2.87. The average Bonchev–Trinajstić information content (AvgIpc) is 2.24. The van der Waals surface area contributed by atoms with Crippen molar-refractivity contribution in [2.45, 2.75) is 18.3 Å². The number of aliphatic carboxylic acids is 1. The standard InChI is InChI=1S/C11H11NO4/c1-16-8-2-3-9(12-6-8)11(10(14)15)4-7(13)5-11/h2-3,6H,4-5H2,1H3,(H,14,15). The second kappa shape index (κ2) is 3.59. The lowest BCUT2D eigenvalue weighted by atomic mass is 9.65. The third-order valence-electron chi connectivity index (χ3n) is 2.87. The molecule has 0 radical (unpaired) electrons. The molecular weight excluding hydrogens is 210 g/mol. The van der Waals surface area contributed by atoms with Crippen molar-refractivity contribution in [3.8, 4) is 5.75 Å². The third kappa shape index (κ3) is 1.44. The maximum atomic E-state index is 11.2. The summed E-state index contributed by atoms with van der Waals surface area (Å²) in [5, 5.41) is 9.16. The van der Waals surface area contributed by atoms with Crippen molar-refractivity contribution in [2.75, 3.05) is 7.11 Å². The summed E-state index contributed by atoms with van der Waals surface area (Å²) in [7, 11) is 1.51. The highest BCUT2D eigenvalue weighted by molar-refractivity contribution is 6.01. The highest BCUT2D eigenvalue weighted by Gasteiger charge is 2.52. The fourth-order valence-corrected chi connectivity index (χ4v) is 1.85. The van der Waals surface area contributed by atoms with Crippen LogP contribution >= 0.6 is 0 Å². The van der Waals surface area contributed by atoms with Crippen molar-refractivity contribution >= 4 is 11.8 Å². The highest BCUT2D eigenvalue weighted by atomic mass is 16.5. The zero-order valence-electron chi connectivity index (χ0n) is 8.77. The molecule has 5 heteroatoms. The molecule has 0 atom stereocenters. The Balaban J connectivity index is 2.33. The Labute approximate surface area is 92.1 Å². The van der Waals surface area contributed by atoms with Gasteiger partial charge in [-0.3, -0.25) is 14.6 Å². The minimum Gasteiger partial charge on any atom is -0.495 e. The Kier molecular flexibility index (Phi) is 2.38. The summed E-state index contributed by atoms with van der Waals surface area (Å²) >= 11 is 0. The number of carboxylic acid groups (broad SMARTS) is 1. The number of nitrogens with zero attached hydrogens (tertiary/aromatic N) is 1. The molecular formula is C11H11NO4. The van der Waals surface area contributed by atoms with Gasteiger partial charge in [-0.2, -0.15) is 0 Å². The molecule has 1 fully saturated rings. The number of aromatic nitrogens is 1. The van der Waals surface area contributed by atoms with E-state index in [0.717, 1.165) is 0 Å². The summed E-state index contributed by atoms with van der Waals surface area (Å²) in [6.45, 7) is 0. The smallest absolute Gasteiger partial charge is 0.316 e. The predicted octanol–water partition coefficient (Wildman–Crippen LogP) is 0.775. The van der Waals surface area contributed by atoms with Crippen LogP contribution in [0.2, 0.25) is 0 Å². The minimum absolute atomic E-state index is 0.0294. The molecule has 1 saturated carbocycles. The molecule has 16 heavy (non-hydrogen) atoms. The van der Waals surface area contributed by atoms with Crippen LogP contribution in [0.4, 0.5) is 0 Å². The molecule has 0 aromatic carbocycles. The average molecular weight is 221 g/mol. The molecule has 1 heterocycles. The Bertz CT molecular complexity index is 430. The van der Waals surface area contributed by atoms with Crippen molar-refractivity contribution in [3.05, 3.63) is 24.0 Å². The zero-order chi connectivity index (χ0) is 11.8. The van der Waals surface area contributed by atoms with Crippen LogP contribution in [0.1, 0.15) is 18.5 Å². The van der Waals surface area contributed by atoms with Gasteiger partial charge in [0.2, 0.25) is 0 Å². The number of carbonyl (C=O) groups is 2. The number of ether oxygens (including phenoxy) is 1. The molecule has 0 amide bonds. The maximum absolute atomic E-state index is 11.2. The van der Waals surface area contributed by atoms with Crippen LogP contribution in [-0.4, -0.2) is 29.0 Å². The Morgan fingerprint density at radius 3 is 2.56 bits per heavy atom. The molecule has 5 nitrogen and oxygen atoms in total. The van der Waals surface area contributed by atoms with Crippen LogP contribution in [0, 0.1) is 0 Å². The van der Waals surface area contributed by atoms with Crippen molar-refractivity contribution in [1.82, 2.24) is 4.98 Å². The zero-order valence-corrected chi connectivity index (χ0v) is 8.77. The number of rotatable bonds is 3. The molecule has 2 rings (SSSR count). The van der Waals surface area contributed by atoms with E-state index in [0.29, 0.717) is 11.4 Å². The quantitative estimate of drug-likeness (QED) is 0.816. The van der Waals surface area contributed by atoms with Gasteiger partial charge in [-0.25, -0.2) is 0 Å². The van der Waals surface area contributed by atoms with Crippen LogP contribution in [0.3, 0.4) is 0 Å². The van der Waals surface area contributed by atoms with Gasteiger partial charge >= 0.3 is 5.97 Å². The maximum Gasteiger partial charge on any atom is 0.316 e. The topological polar surface area (TPSA) is 76.5 Å². The van der Waals surface area contributed by atoms with E-state index in [1.807, 2.05) is 0 Å². The van der Waals surface area contributed by atoms with Crippen molar-refractivity contribution < 1.29 is 19.4 Å². The molecule has 1 aromatic rings. The van der Waals surface area contributed by atoms with E-state index in [4.69, 9.17) is 9.84 Å². The van der Waals surface area contributed by atoms with Crippen LogP contribution in [0.25, 0.3) is 0 Å². The van der Waals surface area contributed by atoms with Gasteiger partial charge in [0, 0.05) is 12.8 Å². The van der Waals surface area contributed by atoms with Gasteiger partial charge in [0.1, 0.15) is 16.9 Å². The highest BCUT2D eigenvalue weighted by Crippen LogP contribution is 2.40. The van der Waals surface area contributed by atoms with Crippen molar-refractivity contribution in [2.24, 2.45) is 0 Å². The largest absolute Gasteiger partial charge is 0.495 e. The van der Waals surface area contributed by atoms with Crippen molar-refractivity contribution in [1.29, 1.82) is 0 Å². The minimum atomic E-state index is -1.12. The molecule has 1 aromatic heterocycles. The summed E-state index contributed by atoms with van der Waals surface area (Å²) in [6.07, 6.45) is 1.52. The van der Waals surface area contributed by atoms with E-state index in [9.17, 15) is 9.59 Å². The molecule has 1 aliphatic carbocycles. The van der Waals surface area contributed by atoms with Crippen LogP contribution in [-0.2, 0) is 15.0 Å². The molecule has 0 bridgehead atoms. The fraction of sp³-hybridized carbons (Fsp3) is 0.364. The fourth-order valence-electron chi connectivity index (χ4n) is 1.85. The molecule has 84 valence electrons. The van der Waals surface area contributed by atoms with Gasteiger partial charge in [0.15, 0.2) is 0 Å². The van der Waals surface area contributed by atoms with Gasteiger partial charge in [-0.15, -0.1) is 0 Å². The second-order valence-electron chi connectivity index (χ2n) is 3.86. The molecule has 1 aliphatic rings. The van der Waals surface area contributed by atoms with Gasteiger partial charge in [0.05, 0.1) is 19.0 Å². The lowest BCUT2D eigenvalue weighted by Crippen LogP contribution is -2.48. The summed E-state index contributed by atoms with van der Waals surface area (Å²) in [5.74, 6) is -0.472. The number of hydrogen-bond donors (Lipinski definition) is 1.